The maximum atomic E-state index is 12.1. The van der Waals surface area contributed by atoms with Crippen LogP contribution in [0.15, 0.2) is 60.7 Å². The number of aromatic nitrogens is 1. The van der Waals surface area contributed by atoms with E-state index in [1.807, 2.05) is 12.1 Å². The third kappa shape index (κ3) is 3.16. The number of rotatable bonds is 6. The Kier molecular flexibility index (Phi) is 4.88. The molecule has 0 saturated carbocycles. The monoisotopic (exact) mass is 372 g/mol. The molecule has 0 fully saturated rings. The van der Waals surface area contributed by atoms with E-state index < -0.39 is 5.91 Å². The number of hydrogen-bond acceptors (Lipinski definition) is 2. The zero-order valence-corrected chi connectivity index (χ0v) is 16.2. The van der Waals surface area contributed by atoms with Gasteiger partial charge in [-0.25, -0.2) is 0 Å². The average Bonchev–Trinajstić information content (AvgIpc) is 3.02. The van der Waals surface area contributed by atoms with E-state index in [4.69, 9.17) is 10.5 Å². The maximum Gasteiger partial charge on any atom is 0.249 e. The fourth-order valence-electron chi connectivity index (χ4n) is 3.88. The Labute approximate surface area is 164 Å². The highest BCUT2D eigenvalue weighted by Gasteiger charge is 2.17. The molecule has 1 amide bonds. The Balaban J connectivity index is 1.96. The molecule has 1 aromatic heterocycles. The van der Waals surface area contributed by atoms with Crippen LogP contribution < -0.4 is 5.73 Å². The normalized spacial score (nSPS) is 11.4. The summed E-state index contributed by atoms with van der Waals surface area (Å²) in [6, 6.07) is 20.7. The van der Waals surface area contributed by atoms with Crippen molar-refractivity contribution in [1.82, 2.24) is 4.57 Å². The second kappa shape index (κ2) is 7.49. The van der Waals surface area contributed by atoms with Crippen LogP contribution in [0.3, 0.4) is 0 Å². The van der Waals surface area contributed by atoms with Gasteiger partial charge in [-0.15, -0.1) is 0 Å². The SMILES string of the molecule is CCc1ccc(Cn2c3cc(COC)ccc3c3c(C(N)=O)cccc32)cc1. The quantitative estimate of drug-likeness (QED) is 0.535. The molecule has 0 aliphatic heterocycles. The van der Waals surface area contributed by atoms with Crippen molar-refractivity contribution in [2.75, 3.05) is 7.11 Å². The van der Waals surface area contributed by atoms with Crippen molar-refractivity contribution in [2.45, 2.75) is 26.5 Å². The standard InChI is InChI=1S/C24H24N2O2/c1-3-16-7-9-17(10-8-16)14-26-21-6-4-5-20(24(25)27)23(21)19-12-11-18(15-28-2)13-22(19)26/h4-13H,3,14-15H2,1-2H3,(H2,25,27). The average molecular weight is 372 g/mol. The van der Waals surface area contributed by atoms with Gasteiger partial charge in [0.1, 0.15) is 0 Å². The summed E-state index contributed by atoms with van der Waals surface area (Å²) in [6.45, 7) is 3.43. The van der Waals surface area contributed by atoms with Crippen LogP contribution in [0.2, 0.25) is 0 Å². The molecular formula is C24H24N2O2. The highest BCUT2D eigenvalue weighted by molar-refractivity contribution is 6.17. The van der Waals surface area contributed by atoms with Gasteiger partial charge in [0, 0.05) is 35.5 Å². The minimum Gasteiger partial charge on any atom is -0.380 e. The number of carbonyl (C=O) groups excluding carboxylic acids is 1. The number of nitrogens with two attached hydrogens (primary N) is 1. The van der Waals surface area contributed by atoms with Crippen molar-refractivity contribution in [3.05, 3.63) is 82.9 Å². The molecule has 0 bridgehead atoms. The van der Waals surface area contributed by atoms with Gasteiger partial charge in [-0.2, -0.15) is 0 Å². The third-order valence-electron chi connectivity index (χ3n) is 5.30. The minimum atomic E-state index is -0.405. The number of aryl methyl sites for hydroxylation is 1. The van der Waals surface area contributed by atoms with Crippen LogP contribution in [0.5, 0.6) is 0 Å². The molecule has 0 aliphatic rings. The summed E-state index contributed by atoms with van der Waals surface area (Å²) >= 11 is 0. The number of nitrogens with zero attached hydrogens (tertiary/aromatic N) is 1. The molecule has 0 radical (unpaired) electrons. The number of amides is 1. The van der Waals surface area contributed by atoms with Gasteiger partial charge in [-0.05, 0) is 41.3 Å². The van der Waals surface area contributed by atoms with Crippen LogP contribution in [-0.2, 0) is 24.3 Å². The first kappa shape index (κ1) is 18.3. The number of benzene rings is 3. The van der Waals surface area contributed by atoms with Crippen LogP contribution >= 0.6 is 0 Å². The van der Waals surface area contributed by atoms with E-state index in [0.29, 0.717) is 12.2 Å². The summed E-state index contributed by atoms with van der Waals surface area (Å²) in [7, 11) is 1.69. The van der Waals surface area contributed by atoms with E-state index in [0.717, 1.165) is 40.3 Å². The smallest absolute Gasteiger partial charge is 0.249 e. The van der Waals surface area contributed by atoms with E-state index in [2.05, 4.69) is 54.0 Å². The van der Waals surface area contributed by atoms with Crippen molar-refractivity contribution in [1.29, 1.82) is 0 Å². The van der Waals surface area contributed by atoms with Gasteiger partial charge in [0.2, 0.25) is 5.91 Å². The van der Waals surface area contributed by atoms with Crippen LogP contribution in [0.25, 0.3) is 21.8 Å². The van der Waals surface area contributed by atoms with Gasteiger partial charge in [0.15, 0.2) is 0 Å². The lowest BCUT2D eigenvalue weighted by atomic mass is 10.0. The van der Waals surface area contributed by atoms with Crippen LogP contribution in [0, 0.1) is 0 Å². The topological polar surface area (TPSA) is 57.2 Å². The molecular weight excluding hydrogens is 348 g/mol. The lowest BCUT2D eigenvalue weighted by molar-refractivity contribution is 0.100. The van der Waals surface area contributed by atoms with Gasteiger partial charge in [0.25, 0.3) is 0 Å². The summed E-state index contributed by atoms with van der Waals surface area (Å²) in [5.74, 6) is -0.405. The first-order valence-electron chi connectivity index (χ1n) is 9.52. The summed E-state index contributed by atoms with van der Waals surface area (Å²) in [4.78, 5) is 12.1. The molecule has 28 heavy (non-hydrogen) atoms. The molecule has 0 aliphatic carbocycles. The van der Waals surface area contributed by atoms with Crippen molar-refractivity contribution in [3.8, 4) is 0 Å². The Morgan fingerprint density at radius 3 is 2.36 bits per heavy atom. The molecule has 0 spiro atoms. The second-order valence-electron chi connectivity index (χ2n) is 7.10. The lowest BCUT2D eigenvalue weighted by Gasteiger charge is -2.10. The zero-order valence-electron chi connectivity index (χ0n) is 16.2. The third-order valence-corrected chi connectivity index (χ3v) is 5.30. The fourth-order valence-corrected chi connectivity index (χ4v) is 3.88. The highest BCUT2D eigenvalue weighted by Crippen LogP contribution is 2.33. The van der Waals surface area contributed by atoms with Crippen molar-refractivity contribution >= 4 is 27.7 Å². The molecule has 4 heteroatoms. The van der Waals surface area contributed by atoms with E-state index in [1.165, 1.54) is 11.1 Å². The number of fused-ring (bicyclic) bond motifs is 3. The van der Waals surface area contributed by atoms with Gasteiger partial charge in [0.05, 0.1) is 12.1 Å². The molecule has 142 valence electrons. The van der Waals surface area contributed by atoms with Gasteiger partial charge >= 0.3 is 0 Å². The van der Waals surface area contributed by atoms with Crippen LogP contribution in [0.4, 0.5) is 0 Å². The zero-order chi connectivity index (χ0) is 19.7. The van der Waals surface area contributed by atoms with E-state index in [9.17, 15) is 4.79 Å². The number of hydrogen-bond donors (Lipinski definition) is 1. The van der Waals surface area contributed by atoms with Crippen molar-refractivity contribution < 1.29 is 9.53 Å². The van der Waals surface area contributed by atoms with Gasteiger partial charge in [-0.1, -0.05) is 49.4 Å². The summed E-state index contributed by atoms with van der Waals surface area (Å²) in [5.41, 5.74) is 12.0. The molecule has 2 N–H and O–H groups in total. The fraction of sp³-hybridized carbons (Fsp3) is 0.208. The molecule has 1 heterocycles. The minimum absolute atomic E-state index is 0.405. The number of methoxy groups -OCH3 is 1. The molecule has 4 rings (SSSR count). The predicted octanol–water partition coefficient (Wildman–Crippen LogP) is 4.65. The van der Waals surface area contributed by atoms with Crippen LogP contribution in [0.1, 0.15) is 34.0 Å². The summed E-state index contributed by atoms with van der Waals surface area (Å²) in [5, 5.41) is 1.95. The number of primary amides is 1. The van der Waals surface area contributed by atoms with Crippen molar-refractivity contribution in [3.63, 3.8) is 0 Å². The first-order chi connectivity index (χ1) is 13.6. The molecule has 0 unspecified atom stereocenters. The Bertz CT molecular complexity index is 1160. The summed E-state index contributed by atoms with van der Waals surface area (Å²) < 4.78 is 7.57. The molecule has 4 aromatic rings. The Morgan fingerprint density at radius 2 is 1.68 bits per heavy atom. The van der Waals surface area contributed by atoms with E-state index in [1.54, 1.807) is 13.2 Å². The molecule has 3 aromatic carbocycles. The second-order valence-corrected chi connectivity index (χ2v) is 7.10. The Hall–Kier alpha value is -3.11. The van der Waals surface area contributed by atoms with E-state index in [-0.39, 0.29) is 0 Å². The molecule has 0 saturated heterocycles. The van der Waals surface area contributed by atoms with Crippen LogP contribution in [-0.4, -0.2) is 17.6 Å². The van der Waals surface area contributed by atoms with Gasteiger partial charge < -0.3 is 15.0 Å². The molecule has 0 atom stereocenters. The highest BCUT2D eigenvalue weighted by atomic mass is 16.5. The predicted molar refractivity (Wildman–Crippen MR) is 114 cm³/mol. The number of ether oxygens (including phenoxy) is 1. The summed E-state index contributed by atoms with van der Waals surface area (Å²) in [6.07, 6.45) is 1.03. The molecule has 4 nitrogen and oxygen atoms in total. The number of carbonyl (C=O) groups is 1. The largest absolute Gasteiger partial charge is 0.380 e. The van der Waals surface area contributed by atoms with Crippen molar-refractivity contribution in [2.24, 2.45) is 5.73 Å². The van der Waals surface area contributed by atoms with E-state index >= 15 is 0 Å². The Morgan fingerprint density at radius 1 is 0.964 bits per heavy atom. The van der Waals surface area contributed by atoms with Gasteiger partial charge in [-0.3, -0.25) is 4.79 Å². The lowest BCUT2D eigenvalue weighted by Crippen LogP contribution is -2.11. The maximum absolute atomic E-state index is 12.1. The first-order valence-corrected chi connectivity index (χ1v) is 9.52.